The van der Waals surface area contributed by atoms with E-state index in [1.54, 1.807) is 12.1 Å². The highest BCUT2D eigenvalue weighted by atomic mass is 16.3. The standard InChI is InChI=1S/C13H19NO/c1-13(2)8-3-9-14-12(13)10-4-6-11(15)7-5-10/h4-7,12,14-15H,3,8-9H2,1-2H3. The number of phenolic OH excluding ortho intramolecular Hbond substituents is 1. The van der Waals surface area contributed by atoms with E-state index < -0.39 is 0 Å². The maximum atomic E-state index is 9.26. The fraction of sp³-hybridized carbons (Fsp3) is 0.538. The van der Waals surface area contributed by atoms with Gasteiger partial charge in [0.2, 0.25) is 0 Å². The van der Waals surface area contributed by atoms with Crippen molar-refractivity contribution in [2.45, 2.75) is 32.7 Å². The molecule has 15 heavy (non-hydrogen) atoms. The summed E-state index contributed by atoms with van der Waals surface area (Å²) in [5.41, 5.74) is 1.58. The smallest absolute Gasteiger partial charge is 0.115 e. The zero-order valence-electron chi connectivity index (χ0n) is 9.46. The number of aromatic hydroxyl groups is 1. The summed E-state index contributed by atoms with van der Waals surface area (Å²) in [6, 6.07) is 7.97. The van der Waals surface area contributed by atoms with E-state index >= 15 is 0 Å². The summed E-state index contributed by atoms with van der Waals surface area (Å²) in [5.74, 6) is 0.340. The summed E-state index contributed by atoms with van der Waals surface area (Å²) < 4.78 is 0. The second-order valence-corrected chi connectivity index (χ2v) is 5.07. The van der Waals surface area contributed by atoms with Gasteiger partial charge < -0.3 is 10.4 Å². The van der Waals surface area contributed by atoms with Gasteiger partial charge in [0, 0.05) is 6.04 Å². The van der Waals surface area contributed by atoms with E-state index in [9.17, 15) is 5.11 Å². The van der Waals surface area contributed by atoms with Crippen LogP contribution in [0.2, 0.25) is 0 Å². The average Bonchev–Trinajstić information content (AvgIpc) is 2.19. The quantitative estimate of drug-likeness (QED) is 0.739. The van der Waals surface area contributed by atoms with Crippen molar-refractivity contribution in [3.63, 3.8) is 0 Å². The lowest BCUT2D eigenvalue weighted by Crippen LogP contribution is -2.39. The molecular weight excluding hydrogens is 186 g/mol. The first kappa shape index (κ1) is 10.5. The van der Waals surface area contributed by atoms with Crippen LogP contribution >= 0.6 is 0 Å². The Morgan fingerprint density at radius 3 is 2.53 bits per heavy atom. The second kappa shape index (κ2) is 3.86. The third-order valence-corrected chi connectivity index (χ3v) is 3.35. The number of nitrogens with one attached hydrogen (secondary N) is 1. The number of hydrogen-bond donors (Lipinski definition) is 2. The fourth-order valence-electron chi connectivity index (χ4n) is 2.45. The molecule has 1 unspecified atom stereocenters. The minimum Gasteiger partial charge on any atom is -0.508 e. The van der Waals surface area contributed by atoms with Crippen LogP contribution in [-0.4, -0.2) is 11.7 Å². The van der Waals surface area contributed by atoms with Crippen LogP contribution in [0.3, 0.4) is 0 Å². The number of rotatable bonds is 1. The molecule has 82 valence electrons. The molecule has 1 heterocycles. The van der Waals surface area contributed by atoms with Crippen LogP contribution in [0.15, 0.2) is 24.3 Å². The Morgan fingerprint density at radius 2 is 1.93 bits per heavy atom. The Bertz CT molecular complexity index is 329. The molecule has 0 aliphatic carbocycles. The van der Waals surface area contributed by atoms with Crippen LogP contribution in [0, 0.1) is 5.41 Å². The molecule has 1 aliphatic rings. The first-order chi connectivity index (χ1) is 7.09. The van der Waals surface area contributed by atoms with E-state index in [0.717, 1.165) is 6.54 Å². The Labute approximate surface area is 91.3 Å². The second-order valence-electron chi connectivity index (χ2n) is 5.07. The molecule has 0 amide bonds. The normalized spacial score (nSPS) is 25.1. The molecule has 2 heteroatoms. The van der Waals surface area contributed by atoms with Crippen molar-refractivity contribution in [3.8, 4) is 5.75 Å². The maximum absolute atomic E-state index is 9.26. The van der Waals surface area contributed by atoms with Gasteiger partial charge in [-0.1, -0.05) is 26.0 Å². The zero-order valence-corrected chi connectivity index (χ0v) is 9.46. The van der Waals surface area contributed by atoms with Gasteiger partial charge in [-0.25, -0.2) is 0 Å². The van der Waals surface area contributed by atoms with Crippen LogP contribution in [0.1, 0.15) is 38.3 Å². The molecular formula is C13H19NO. The van der Waals surface area contributed by atoms with Gasteiger partial charge in [-0.05, 0) is 42.5 Å². The van der Waals surface area contributed by atoms with Crippen molar-refractivity contribution >= 4 is 0 Å². The Hall–Kier alpha value is -1.02. The Morgan fingerprint density at radius 1 is 1.27 bits per heavy atom. The zero-order chi connectivity index (χ0) is 10.9. The minimum absolute atomic E-state index is 0.301. The summed E-state index contributed by atoms with van der Waals surface area (Å²) in [6.07, 6.45) is 2.51. The van der Waals surface area contributed by atoms with Gasteiger partial charge in [0.05, 0.1) is 0 Å². The number of phenols is 1. The SMILES string of the molecule is CC1(C)CCCNC1c1ccc(O)cc1. The van der Waals surface area contributed by atoms with Gasteiger partial charge in [0.1, 0.15) is 5.75 Å². The molecule has 1 aliphatic heterocycles. The molecule has 0 aromatic heterocycles. The highest BCUT2D eigenvalue weighted by Crippen LogP contribution is 2.40. The van der Waals surface area contributed by atoms with Crippen LogP contribution in [0.25, 0.3) is 0 Å². The van der Waals surface area contributed by atoms with E-state index in [2.05, 4.69) is 19.2 Å². The molecule has 2 nitrogen and oxygen atoms in total. The maximum Gasteiger partial charge on any atom is 0.115 e. The summed E-state index contributed by atoms with van der Waals surface area (Å²) in [5, 5.41) is 12.8. The lowest BCUT2D eigenvalue weighted by Gasteiger charge is -2.39. The van der Waals surface area contributed by atoms with Crippen LogP contribution in [-0.2, 0) is 0 Å². The van der Waals surface area contributed by atoms with Crippen molar-refractivity contribution in [1.82, 2.24) is 5.32 Å². The molecule has 1 fully saturated rings. The van der Waals surface area contributed by atoms with Crippen molar-refractivity contribution in [2.75, 3.05) is 6.54 Å². The molecule has 1 aromatic carbocycles. The lowest BCUT2D eigenvalue weighted by atomic mass is 9.75. The monoisotopic (exact) mass is 205 g/mol. The van der Waals surface area contributed by atoms with Gasteiger partial charge in [0.15, 0.2) is 0 Å². The van der Waals surface area contributed by atoms with Crippen LogP contribution in [0.4, 0.5) is 0 Å². The predicted molar refractivity (Wildman–Crippen MR) is 61.9 cm³/mol. The summed E-state index contributed by atoms with van der Waals surface area (Å²) in [6.45, 7) is 5.70. The van der Waals surface area contributed by atoms with E-state index in [-0.39, 0.29) is 0 Å². The van der Waals surface area contributed by atoms with Gasteiger partial charge in [0.25, 0.3) is 0 Å². The summed E-state index contributed by atoms with van der Waals surface area (Å²) in [4.78, 5) is 0. The van der Waals surface area contributed by atoms with Crippen molar-refractivity contribution in [1.29, 1.82) is 0 Å². The average molecular weight is 205 g/mol. The van der Waals surface area contributed by atoms with E-state index in [1.165, 1.54) is 18.4 Å². The topological polar surface area (TPSA) is 32.3 Å². The van der Waals surface area contributed by atoms with Crippen molar-refractivity contribution < 1.29 is 5.11 Å². The number of hydrogen-bond acceptors (Lipinski definition) is 2. The number of piperidine rings is 1. The molecule has 1 saturated heterocycles. The molecule has 0 spiro atoms. The molecule has 2 N–H and O–H groups in total. The third kappa shape index (κ3) is 2.15. The summed E-state index contributed by atoms with van der Waals surface area (Å²) >= 11 is 0. The van der Waals surface area contributed by atoms with Crippen molar-refractivity contribution in [3.05, 3.63) is 29.8 Å². The first-order valence-corrected chi connectivity index (χ1v) is 5.62. The minimum atomic E-state index is 0.301. The largest absolute Gasteiger partial charge is 0.508 e. The van der Waals surface area contributed by atoms with Crippen LogP contribution in [0.5, 0.6) is 5.75 Å². The Balaban J connectivity index is 2.25. The molecule has 0 bridgehead atoms. The Kier molecular flexibility index (Phi) is 2.70. The van der Waals surface area contributed by atoms with E-state index in [0.29, 0.717) is 17.2 Å². The predicted octanol–water partition coefficient (Wildman–Crippen LogP) is 2.84. The molecule has 2 rings (SSSR count). The molecule has 0 saturated carbocycles. The molecule has 0 radical (unpaired) electrons. The summed E-state index contributed by atoms with van der Waals surface area (Å²) in [7, 11) is 0. The highest BCUT2D eigenvalue weighted by molar-refractivity contribution is 5.29. The fourth-order valence-corrected chi connectivity index (χ4v) is 2.45. The molecule has 1 aromatic rings. The van der Waals surface area contributed by atoms with Gasteiger partial charge in [-0.2, -0.15) is 0 Å². The van der Waals surface area contributed by atoms with E-state index in [1.807, 2.05) is 12.1 Å². The lowest BCUT2D eigenvalue weighted by molar-refractivity contribution is 0.181. The third-order valence-electron chi connectivity index (χ3n) is 3.35. The van der Waals surface area contributed by atoms with E-state index in [4.69, 9.17) is 0 Å². The van der Waals surface area contributed by atoms with Gasteiger partial charge in [-0.3, -0.25) is 0 Å². The number of benzene rings is 1. The van der Waals surface area contributed by atoms with Gasteiger partial charge in [-0.15, -0.1) is 0 Å². The highest BCUT2D eigenvalue weighted by Gasteiger charge is 2.32. The first-order valence-electron chi connectivity index (χ1n) is 5.62. The van der Waals surface area contributed by atoms with Gasteiger partial charge >= 0.3 is 0 Å². The van der Waals surface area contributed by atoms with Crippen LogP contribution < -0.4 is 5.32 Å². The van der Waals surface area contributed by atoms with Crippen molar-refractivity contribution in [2.24, 2.45) is 5.41 Å². The molecule has 1 atom stereocenters.